The van der Waals surface area contributed by atoms with Gasteiger partial charge in [0.1, 0.15) is 11.0 Å². The van der Waals surface area contributed by atoms with Gasteiger partial charge in [-0.25, -0.2) is 9.37 Å². The number of halogens is 3. The molecule has 0 bridgehead atoms. The minimum Gasteiger partial charge on any atom is -0.307 e. The molecule has 2 aliphatic rings. The number of pyridine rings is 1. The summed E-state index contributed by atoms with van der Waals surface area (Å²) in [5, 5.41) is 0.991. The monoisotopic (exact) mass is 509 g/mol. The molecule has 7 heteroatoms. The van der Waals surface area contributed by atoms with Crippen molar-refractivity contribution in [3.8, 4) is 0 Å². The van der Waals surface area contributed by atoms with Gasteiger partial charge in [-0.2, -0.15) is 0 Å². The normalized spacial score (nSPS) is 17.3. The van der Waals surface area contributed by atoms with Gasteiger partial charge in [0, 0.05) is 46.0 Å². The SMILES string of the molecule is Cc1cc(C(=O)N2CC3(CCN(C/C=C/c4ccccc4F)CC3)c3cc(Cl)ccc32)cc(Cl)n1. The number of nitrogens with zero attached hydrogens (tertiary/aromatic N) is 3. The molecule has 1 spiro atoms. The maximum Gasteiger partial charge on any atom is 0.258 e. The third-order valence-corrected chi connectivity index (χ3v) is 7.50. The van der Waals surface area contributed by atoms with Gasteiger partial charge >= 0.3 is 0 Å². The molecule has 1 amide bonds. The highest BCUT2D eigenvalue weighted by atomic mass is 35.5. The molecule has 35 heavy (non-hydrogen) atoms. The zero-order chi connectivity index (χ0) is 24.6. The molecular weight excluding hydrogens is 484 g/mol. The standard InChI is InChI=1S/C28H26Cl2FN3O/c1-19-15-21(16-26(30)32-19)27(35)34-18-28(23-17-22(29)8-9-25(23)34)10-13-33(14-11-28)12-4-6-20-5-2-3-7-24(20)31/h2-9,15-17H,10-14,18H2,1H3/b6-4+. The van der Waals surface area contributed by atoms with Gasteiger partial charge in [-0.05, 0) is 74.8 Å². The van der Waals surface area contributed by atoms with Crippen LogP contribution in [0.5, 0.6) is 0 Å². The first-order valence-corrected chi connectivity index (χ1v) is 12.5. The van der Waals surface area contributed by atoms with Crippen molar-refractivity contribution >= 4 is 40.9 Å². The Morgan fingerprint density at radius 1 is 1.11 bits per heavy atom. The zero-order valence-corrected chi connectivity index (χ0v) is 21.0. The van der Waals surface area contributed by atoms with Crippen molar-refractivity contribution in [2.45, 2.75) is 25.2 Å². The molecule has 2 aromatic carbocycles. The number of likely N-dealkylation sites (tertiary alicyclic amines) is 1. The number of fused-ring (bicyclic) bond motifs is 2. The number of aryl methyl sites for hydroxylation is 1. The van der Waals surface area contributed by atoms with Gasteiger partial charge in [0.2, 0.25) is 0 Å². The van der Waals surface area contributed by atoms with Crippen LogP contribution < -0.4 is 4.90 Å². The maximum absolute atomic E-state index is 13.9. The summed E-state index contributed by atoms with van der Waals surface area (Å²) in [6, 6.07) is 16.0. The summed E-state index contributed by atoms with van der Waals surface area (Å²) in [6.07, 6.45) is 5.68. The Balaban J connectivity index is 1.34. The molecule has 3 aromatic rings. The van der Waals surface area contributed by atoms with E-state index < -0.39 is 0 Å². The van der Waals surface area contributed by atoms with E-state index in [2.05, 4.69) is 9.88 Å². The lowest BCUT2D eigenvalue weighted by Crippen LogP contribution is -2.46. The van der Waals surface area contributed by atoms with E-state index in [1.165, 1.54) is 6.07 Å². The second-order valence-corrected chi connectivity index (χ2v) is 10.2. The molecule has 0 radical (unpaired) electrons. The number of aromatic nitrogens is 1. The Morgan fingerprint density at radius 2 is 1.89 bits per heavy atom. The first-order chi connectivity index (χ1) is 16.8. The highest BCUT2D eigenvalue weighted by molar-refractivity contribution is 6.31. The second kappa shape index (κ2) is 9.73. The molecule has 0 atom stereocenters. The van der Waals surface area contributed by atoms with Crippen LogP contribution in [0.3, 0.4) is 0 Å². The van der Waals surface area contributed by atoms with Crippen LogP contribution in [0, 0.1) is 12.7 Å². The van der Waals surface area contributed by atoms with Gasteiger partial charge < -0.3 is 4.90 Å². The maximum atomic E-state index is 13.9. The average Bonchev–Trinajstić information content (AvgIpc) is 3.13. The lowest BCUT2D eigenvalue weighted by Gasteiger charge is -2.39. The Bertz CT molecular complexity index is 1280. The first kappa shape index (κ1) is 24.0. The number of benzene rings is 2. The van der Waals surface area contributed by atoms with Gasteiger partial charge in [-0.1, -0.05) is 53.6 Å². The molecule has 180 valence electrons. The first-order valence-electron chi connectivity index (χ1n) is 11.7. The second-order valence-electron chi connectivity index (χ2n) is 9.38. The van der Waals surface area contributed by atoms with Crippen LogP contribution >= 0.6 is 23.2 Å². The number of rotatable bonds is 4. The largest absolute Gasteiger partial charge is 0.307 e. The van der Waals surface area contributed by atoms with Gasteiger partial charge in [0.05, 0.1) is 0 Å². The van der Waals surface area contributed by atoms with Crippen LogP contribution in [0.15, 0.2) is 60.7 Å². The molecule has 3 heterocycles. The van der Waals surface area contributed by atoms with E-state index in [9.17, 15) is 9.18 Å². The number of hydrogen-bond donors (Lipinski definition) is 0. The van der Waals surface area contributed by atoms with Crippen LogP contribution in [-0.4, -0.2) is 42.0 Å². The molecule has 1 aromatic heterocycles. The number of carbonyl (C=O) groups excluding carboxylic acids is 1. The molecule has 4 nitrogen and oxygen atoms in total. The number of amides is 1. The number of carbonyl (C=O) groups is 1. The fourth-order valence-electron chi connectivity index (χ4n) is 5.26. The molecular formula is C28H26Cl2FN3O. The molecule has 0 aliphatic carbocycles. The van der Waals surface area contributed by atoms with Crippen molar-refractivity contribution in [3.05, 3.63) is 99.1 Å². The van der Waals surface area contributed by atoms with E-state index >= 15 is 0 Å². The van der Waals surface area contributed by atoms with Crippen molar-refractivity contribution < 1.29 is 9.18 Å². The van der Waals surface area contributed by atoms with Crippen LogP contribution in [0.1, 0.15) is 40.0 Å². The predicted molar refractivity (Wildman–Crippen MR) is 140 cm³/mol. The van der Waals surface area contributed by atoms with E-state index in [0.717, 1.165) is 43.7 Å². The summed E-state index contributed by atoms with van der Waals surface area (Å²) in [5.74, 6) is -0.288. The Morgan fingerprint density at radius 3 is 2.63 bits per heavy atom. The Kier molecular flexibility index (Phi) is 6.67. The van der Waals surface area contributed by atoms with Gasteiger partial charge in [0.15, 0.2) is 0 Å². The van der Waals surface area contributed by atoms with Crippen LogP contribution in [0.2, 0.25) is 10.2 Å². The van der Waals surface area contributed by atoms with E-state index in [0.29, 0.717) is 33.5 Å². The molecule has 5 rings (SSSR count). The smallest absolute Gasteiger partial charge is 0.258 e. The van der Waals surface area contributed by atoms with Crippen molar-refractivity contribution in [2.24, 2.45) is 0 Å². The summed E-state index contributed by atoms with van der Waals surface area (Å²) in [5.41, 5.74) is 3.75. The molecule has 2 aliphatic heterocycles. The van der Waals surface area contributed by atoms with E-state index in [4.69, 9.17) is 23.2 Å². The quantitative estimate of drug-likeness (QED) is 0.374. The van der Waals surface area contributed by atoms with Gasteiger partial charge in [0.25, 0.3) is 5.91 Å². The minimum absolute atomic E-state index is 0.0758. The lowest BCUT2D eigenvalue weighted by molar-refractivity contribution is 0.0977. The summed E-state index contributed by atoms with van der Waals surface area (Å²) in [7, 11) is 0. The van der Waals surface area contributed by atoms with Crippen LogP contribution in [-0.2, 0) is 5.41 Å². The number of hydrogen-bond acceptors (Lipinski definition) is 3. The van der Waals surface area contributed by atoms with Gasteiger partial charge in [-0.3, -0.25) is 9.69 Å². The van der Waals surface area contributed by atoms with Crippen molar-refractivity contribution in [2.75, 3.05) is 31.1 Å². The minimum atomic E-state index is -0.212. The summed E-state index contributed by atoms with van der Waals surface area (Å²) < 4.78 is 13.9. The number of anilines is 1. The van der Waals surface area contributed by atoms with E-state index in [1.54, 1.807) is 24.3 Å². The Hall–Kier alpha value is -2.73. The third-order valence-electron chi connectivity index (χ3n) is 7.08. The van der Waals surface area contributed by atoms with Crippen molar-refractivity contribution in [3.63, 3.8) is 0 Å². The number of piperidine rings is 1. The summed E-state index contributed by atoms with van der Waals surface area (Å²) in [4.78, 5) is 22.0. The third kappa shape index (κ3) is 4.86. The summed E-state index contributed by atoms with van der Waals surface area (Å²) >= 11 is 12.5. The van der Waals surface area contributed by atoms with Crippen LogP contribution in [0.25, 0.3) is 6.08 Å². The van der Waals surface area contributed by atoms with Crippen molar-refractivity contribution in [1.82, 2.24) is 9.88 Å². The fraction of sp³-hybridized carbons (Fsp3) is 0.286. The van der Waals surface area contributed by atoms with Crippen molar-refractivity contribution in [1.29, 1.82) is 0 Å². The highest BCUT2D eigenvalue weighted by Crippen LogP contribution is 2.48. The zero-order valence-electron chi connectivity index (χ0n) is 19.5. The Labute approximate surface area is 215 Å². The predicted octanol–water partition coefficient (Wildman–Crippen LogP) is 6.54. The fourth-order valence-corrected chi connectivity index (χ4v) is 5.68. The molecule has 0 unspecified atom stereocenters. The summed E-state index contributed by atoms with van der Waals surface area (Å²) in [6.45, 7) is 4.97. The van der Waals surface area contributed by atoms with Crippen LogP contribution in [0.4, 0.5) is 10.1 Å². The van der Waals surface area contributed by atoms with E-state index in [1.807, 2.05) is 48.2 Å². The molecule has 1 saturated heterocycles. The molecule has 1 fully saturated rings. The lowest BCUT2D eigenvalue weighted by atomic mass is 9.74. The topological polar surface area (TPSA) is 36.4 Å². The molecule has 0 saturated carbocycles. The van der Waals surface area contributed by atoms with E-state index in [-0.39, 0.29) is 17.1 Å². The van der Waals surface area contributed by atoms with Gasteiger partial charge in [-0.15, -0.1) is 0 Å². The average molecular weight is 510 g/mol. The highest BCUT2D eigenvalue weighted by Gasteiger charge is 2.46. The molecule has 0 N–H and O–H groups in total.